The molecule has 0 aliphatic heterocycles. The molecule has 1 N–H and O–H groups in total. The molecule has 0 fully saturated rings. The minimum atomic E-state index is -0.687. The predicted octanol–water partition coefficient (Wildman–Crippen LogP) is 3.97. The first-order chi connectivity index (χ1) is 8.38. The van der Waals surface area contributed by atoms with Crippen LogP contribution in [-0.4, -0.2) is 5.11 Å². The van der Waals surface area contributed by atoms with E-state index < -0.39 is 6.10 Å². The van der Waals surface area contributed by atoms with Crippen LogP contribution in [0.5, 0.6) is 0 Å². The zero-order valence-corrected chi connectivity index (χ0v) is 11.4. The lowest BCUT2D eigenvalue weighted by Crippen LogP contribution is -2.11. The SMILES string of the molecule is Cc1ccc([C@@H](O)c2ccc(C(C)(C)C)cc2)o1. The van der Waals surface area contributed by atoms with Crippen molar-refractivity contribution in [1.29, 1.82) is 0 Å². The fraction of sp³-hybridized carbons (Fsp3) is 0.375. The van der Waals surface area contributed by atoms with Crippen molar-refractivity contribution in [2.45, 2.75) is 39.2 Å². The molecule has 0 bridgehead atoms. The molecule has 96 valence electrons. The highest BCUT2D eigenvalue weighted by atomic mass is 16.4. The lowest BCUT2D eigenvalue weighted by atomic mass is 9.86. The van der Waals surface area contributed by atoms with E-state index in [2.05, 4.69) is 32.9 Å². The van der Waals surface area contributed by atoms with Crippen LogP contribution in [0, 0.1) is 6.92 Å². The fourth-order valence-corrected chi connectivity index (χ4v) is 1.93. The van der Waals surface area contributed by atoms with Gasteiger partial charge in [-0.05, 0) is 35.6 Å². The van der Waals surface area contributed by atoms with E-state index in [4.69, 9.17) is 4.42 Å². The maximum absolute atomic E-state index is 10.2. The molecule has 1 aromatic heterocycles. The van der Waals surface area contributed by atoms with Gasteiger partial charge in [0.2, 0.25) is 0 Å². The molecule has 18 heavy (non-hydrogen) atoms. The standard InChI is InChI=1S/C16H20O2/c1-11-5-10-14(18-11)15(17)12-6-8-13(9-7-12)16(2,3)4/h5-10,15,17H,1-4H3/t15-/m0/s1. The Morgan fingerprint density at radius 2 is 1.61 bits per heavy atom. The van der Waals surface area contributed by atoms with Crippen LogP contribution in [0.3, 0.4) is 0 Å². The van der Waals surface area contributed by atoms with Gasteiger partial charge in [-0.25, -0.2) is 0 Å². The van der Waals surface area contributed by atoms with Crippen molar-refractivity contribution in [3.63, 3.8) is 0 Å². The highest BCUT2D eigenvalue weighted by molar-refractivity contribution is 5.31. The van der Waals surface area contributed by atoms with Gasteiger partial charge in [0.15, 0.2) is 0 Å². The molecule has 0 radical (unpaired) electrons. The quantitative estimate of drug-likeness (QED) is 0.867. The molecule has 0 saturated heterocycles. The minimum Gasteiger partial charge on any atom is -0.463 e. The predicted molar refractivity (Wildman–Crippen MR) is 72.6 cm³/mol. The number of furan rings is 1. The first-order valence-electron chi connectivity index (χ1n) is 6.23. The van der Waals surface area contributed by atoms with Crippen molar-refractivity contribution < 1.29 is 9.52 Å². The van der Waals surface area contributed by atoms with Crippen LogP contribution in [-0.2, 0) is 5.41 Å². The Balaban J connectivity index is 2.24. The monoisotopic (exact) mass is 244 g/mol. The van der Waals surface area contributed by atoms with Crippen LogP contribution >= 0.6 is 0 Å². The normalized spacial score (nSPS) is 13.6. The smallest absolute Gasteiger partial charge is 0.137 e. The van der Waals surface area contributed by atoms with E-state index in [0.29, 0.717) is 5.76 Å². The second-order valence-electron chi connectivity index (χ2n) is 5.72. The summed E-state index contributed by atoms with van der Waals surface area (Å²) >= 11 is 0. The number of aryl methyl sites for hydroxylation is 1. The van der Waals surface area contributed by atoms with Crippen LogP contribution < -0.4 is 0 Å². The molecular weight excluding hydrogens is 224 g/mol. The van der Waals surface area contributed by atoms with Gasteiger partial charge in [0.1, 0.15) is 17.6 Å². The highest BCUT2D eigenvalue weighted by Gasteiger charge is 2.17. The zero-order valence-electron chi connectivity index (χ0n) is 11.4. The molecule has 1 atom stereocenters. The molecule has 0 spiro atoms. The first-order valence-corrected chi connectivity index (χ1v) is 6.23. The Morgan fingerprint density at radius 3 is 2.06 bits per heavy atom. The van der Waals surface area contributed by atoms with Crippen LogP contribution in [0.25, 0.3) is 0 Å². The van der Waals surface area contributed by atoms with E-state index >= 15 is 0 Å². The third kappa shape index (κ3) is 2.65. The van der Waals surface area contributed by atoms with E-state index in [-0.39, 0.29) is 5.41 Å². The number of rotatable bonds is 2. The van der Waals surface area contributed by atoms with Gasteiger partial charge in [0, 0.05) is 0 Å². The number of aliphatic hydroxyl groups is 1. The van der Waals surface area contributed by atoms with E-state index in [0.717, 1.165) is 11.3 Å². The van der Waals surface area contributed by atoms with Crippen molar-refractivity contribution in [3.8, 4) is 0 Å². The summed E-state index contributed by atoms with van der Waals surface area (Å²) in [4.78, 5) is 0. The molecule has 0 unspecified atom stereocenters. The third-order valence-corrected chi connectivity index (χ3v) is 3.12. The van der Waals surface area contributed by atoms with Crippen LogP contribution in [0.1, 0.15) is 49.5 Å². The van der Waals surface area contributed by atoms with Gasteiger partial charge >= 0.3 is 0 Å². The topological polar surface area (TPSA) is 33.4 Å². The zero-order chi connectivity index (χ0) is 13.3. The third-order valence-electron chi connectivity index (χ3n) is 3.12. The van der Waals surface area contributed by atoms with Crippen molar-refractivity contribution in [3.05, 3.63) is 59.0 Å². The first kappa shape index (κ1) is 12.9. The number of hydrogen-bond donors (Lipinski definition) is 1. The highest BCUT2D eigenvalue weighted by Crippen LogP contribution is 2.27. The van der Waals surface area contributed by atoms with Crippen molar-refractivity contribution >= 4 is 0 Å². The molecule has 0 aliphatic rings. The van der Waals surface area contributed by atoms with E-state index in [9.17, 15) is 5.11 Å². The molecule has 0 aliphatic carbocycles. The molecule has 1 aromatic carbocycles. The second-order valence-corrected chi connectivity index (χ2v) is 5.72. The average molecular weight is 244 g/mol. The lowest BCUT2D eigenvalue weighted by Gasteiger charge is -2.19. The van der Waals surface area contributed by atoms with Gasteiger partial charge in [-0.3, -0.25) is 0 Å². The van der Waals surface area contributed by atoms with Crippen molar-refractivity contribution in [2.24, 2.45) is 0 Å². The summed E-state index contributed by atoms with van der Waals surface area (Å²) in [5.74, 6) is 1.41. The van der Waals surface area contributed by atoms with Crippen molar-refractivity contribution in [1.82, 2.24) is 0 Å². The molecule has 0 amide bonds. The van der Waals surface area contributed by atoms with Gasteiger partial charge in [0.05, 0.1) is 0 Å². The van der Waals surface area contributed by atoms with E-state index in [1.165, 1.54) is 5.56 Å². The van der Waals surface area contributed by atoms with Gasteiger partial charge in [-0.1, -0.05) is 45.0 Å². The minimum absolute atomic E-state index is 0.130. The van der Waals surface area contributed by atoms with E-state index in [1.807, 2.05) is 31.2 Å². The molecule has 2 nitrogen and oxygen atoms in total. The van der Waals surface area contributed by atoms with Gasteiger partial charge in [0.25, 0.3) is 0 Å². The molecule has 2 heteroatoms. The Kier molecular flexibility index (Phi) is 3.31. The summed E-state index contributed by atoms with van der Waals surface area (Å²) < 4.78 is 5.45. The van der Waals surface area contributed by atoms with Gasteiger partial charge in [-0.2, -0.15) is 0 Å². The Morgan fingerprint density at radius 1 is 1.00 bits per heavy atom. The molecule has 0 saturated carbocycles. The Hall–Kier alpha value is -1.54. The largest absolute Gasteiger partial charge is 0.463 e. The average Bonchev–Trinajstić information content (AvgIpc) is 2.74. The number of benzene rings is 1. The van der Waals surface area contributed by atoms with Crippen molar-refractivity contribution in [2.75, 3.05) is 0 Å². The summed E-state index contributed by atoms with van der Waals surface area (Å²) in [6.07, 6.45) is -0.687. The second kappa shape index (κ2) is 4.62. The maximum Gasteiger partial charge on any atom is 0.137 e. The van der Waals surface area contributed by atoms with Crippen LogP contribution in [0.15, 0.2) is 40.8 Å². The summed E-state index contributed by atoms with van der Waals surface area (Å²) in [6.45, 7) is 8.40. The summed E-state index contributed by atoms with van der Waals surface area (Å²) in [5, 5.41) is 10.2. The van der Waals surface area contributed by atoms with Gasteiger partial charge < -0.3 is 9.52 Å². The molecule has 1 heterocycles. The van der Waals surface area contributed by atoms with E-state index in [1.54, 1.807) is 0 Å². The Labute approximate surface area is 108 Å². The fourth-order valence-electron chi connectivity index (χ4n) is 1.93. The molecule has 2 rings (SSSR count). The van der Waals surface area contributed by atoms with Gasteiger partial charge in [-0.15, -0.1) is 0 Å². The molecule has 2 aromatic rings. The van der Waals surface area contributed by atoms with Crippen LogP contribution in [0.2, 0.25) is 0 Å². The lowest BCUT2D eigenvalue weighted by molar-refractivity contribution is 0.187. The summed E-state index contributed by atoms with van der Waals surface area (Å²) in [7, 11) is 0. The molecular formula is C16H20O2. The maximum atomic E-state index is 10.2. The number of hydrogen-bond acceptors (Lipinski definition) is 2. The van der Waals surface area contributed by atoms with Crippen LogP contribution in [0.4, 0.5) is 0 Å². The number of aliphatic hydroxyl groups excluding tert-OH is 1. The Bertz CT molecular complexity index is 515. The summed E-state index contributed by atoms with van der Waals surface area (Å²) in [6, 6.07) is 11.7. The summed E-state index contributed by atoms with van der Waals surface area (Å²) in [5.41, 5.74) is 2.25.